The van der Waals surface area contributed by atoms with Crippen LogP contribution in [0.1, 0.15) is 34.4 Å². The van der Waals surface area contributed by atoms with Crippen LogP contribution in [0.15, 0.2) is 35.0 Å². The van der Waals surface area contributed by atoms with Gasteiger partial charge in [0.05, 0.1) is 0 Å². The number of hydrogen-bond acceptors (Lipinski definition) is 5. The fourth-order valence-electron chi connectivity index (χ4n) is 2.13. The van der Waals surface area contributed by atoms with E-state index in [-0.39, 0.29) is 5.76 Å². The predicted octanol–water partition coefficient (Wildman–Crippen LogP) is 1.61. The Morgan fingerprint density at radius 1 is 1.38 bits per heavy atom. The molecule has 1 amide bonds. The van der Waals surface area contributed by atoms with Gasteiger partial charge in [0.15, 0.2) is 5.76 Å². The highest BCUT2D eigenvalue weighted by atomic mass is 16.4. The van der Waals surface area contributed by atoms with Gasteiger partial charge in [0.1, 0.15) is 5.76 Å². The maximum atomic E-state index is 11.5. The molecule has 0 bridgehead atoms. The first kappa shape index (κ1) is 15.2. The van der Waals surface area contributed by atoms with E-state index in [1.54, 1.807) is 18.5 Å². The third-order valence-corrected chi connectivity index (χ3v) is 3.37. The minimum absolute atomic E-state index is 0.241. The monoisotopic (exact) mass is 288 g/mol. The number of nitrogens with zero attached hydrogens (tertiary/aromatic N) is 2. The molecule has 6 nitrogen and oxygen atoms in total. The Morgan fingerprint density at radius 3 is 2.71 bits per heavy atom. The van der Waals surface area contributed by atoms with Crippen molar-refractivity contribution < 1.29 is 9.21 Å². The van der Waals surface area contributed by atoms with Crippen molar-refractivity contribution in [2.75, 3.05) is 6.54 Å². The van der Waals surface area contributed by atoms with E-state index in [0.717, 1.165) is 24.4 Å². The Balaban J connectivity index is 2.08. The normalized spacial score (nSPS) is 10.9. The third kappa shape index (κ3) is 3.90. The van der Waals surface area contributed by atoms with Crippen LogP contribution in [-0.4, -0.2) is 22.3 Å². The summed E-state index contributed by atoms with van der Waals surface area (Å²) in [5.74, 6) is 5.68. The van der Waals surface area contributed by atoms with Gasteiger partial charge in [-0.2, -0.15) is 0 Å². The zero-order valence-corrected chi connectivity index (χ0v) is 12.3. The number of amides is 1. The van der Waals surface area contributed by atoms with E-state index in [1.165, 1.54) is 5.56 Å². The fourth-order valence-corrected chi connectivity index (χ4v) is 2.13. The molecule has 3 N–H and O–H groups in total. The van der Waals surface area contributed by atoms with Gasteiger partial charge in [-0.1, -0.05) is 6.92 Å². The van der Waals surface area contributed by atoms with Gasteiger partial charge in [0.25, 0.3) is 0 Å². The summed E-state index contributed by atoms with van der Waals surface area (Å²) in [4.78, 5) is 17.8. The molecule has 2 rings (SSSR count). The lowest BCUT2D eigenvalue weighted by Crippen LogP contribution is -2.29. The molecule has 0 aliphatic carbocycles. The molecule has 0 spiro atoms. The Morgan fingerprint density at radius 2 is 2.10 bits per heavy atom. The van der Waals surface area contributed by atoms with E-state index < -0.39 is 5.91 Å². The summed E-state index contributed by atoms with van der Waals surface area (Å²) in [6.07, 6.45) is 3.58. The van der Waals surface area contributed by atoms with Crippen molar-refractivity contribution in [3.8, 4) is 0 Å². The van der Waals surface area contributed by atoms with Crippen LogP contribution in [0.4, 0.5) is 0 Å². The number of carbonyl (C=O) groups is 1. The number of carbonyl (C=O) groups excluding carboxylic acids is 1. The van der Waals surface area contributed by atoms with Crippen molar-refractivity contribution in [1.82, 2.24) is 15.3 Å². The summed E-state index contributed by atoms with van der Waals surface area (Å²) in [5, 5.41) is 0. The van der Waals surface area contributed by atoms with Gasteiger partial charge in [-0.05, 0) is 37.2 Å². The van der Waals surface area contributed by atoms with Crippen molar-refractivity contribution >= 4 is 5.91 Å². The molecule has 0 saturated carbocycles. The number of aryl methyl sites for hydroxylation is 1. The molecule has 2 aromatic rings. The average Bonchev–Trinajstić information content (AvgIpc) is 2.88. The molecule has 0 fully saturated rings. The number of rotatable bonds is 6. The minimum Gasteiger partial charge on any atom is -0.456 e. The largest absolute Gasteiger partial charge is 0.456 e. The van der Waals surface area contributed by atoms with Crippen LogP contribution in [-0.2, 0) is 13.1 Å². The predicted molar refractivity (Wildman–Crippen MR) is 79.1 cm³/mol. The van der Waals surface area contributed by atoms with Crippen LogP contribution in [0.3, 0.4) is 0 Å². The van der Waals surface area contributed by atoms with E-state index in [2.05, 4.69) is 22.2 Å². The number of hydrazine groups is 1. The molecule has 0 aliphatic rings. The number of aromatic nitrogens is 1. The van der Waals surface area contributed by atoms with E-state index in [1.807, 2.05) is 19.1 Å². The molecule has 2 aromatic heterocycles. The number of nitrogens with two attached hydrogens (primary N) is 1. The number of nitrogens with one attached hydrogen (secondary N) is 1. The van der Waals surface area contributed by atoms with Gasteiger partial charge in [-0.25, -0.2) is 5.84 Å². The lowest BCUT2D eigenvalue weighted by Gasteiger charge is -2.19. The van der Waals surface area contributed by atoms with Gasteiger partial charge >= 0.3 is 5.91 Å². The minimum atomic E-state index is -0.415. The molecule has 2 heterocycles. The smallest absolute Gasteiger partial charge is 0.300 e. The highest BCUT2D eigenvalue weighted by molar-refractivity contribution is 5.91. The van der Waals surface area contributed by atoms with Crippen molar-refractivity contribution in [1.29, 1.82) is 0 Å². The molecule has 0 unspecified atom stereocenters. The maximum Gasteiger partial charge on any atom is 0.300 e. The number of furan rings is 1. The van der Waals surface area contributed by atoms with E-state index in [9.17, 15) is 4.79 Å². The molecule has 0 aromatic carbocycles. The second-order valence-corrected chi connectivity index (χ2v) is 4.82. The fraction of sp³-hybridized carbons (Fsp3) is 0.333. The maximum absolute atomic E-state index is 11.5. The number of pyridine rings is 1. The van der Waals surface area contributed by atoms with Gasteiger partial charge in [-0.15, -0.1) is 0 Å². The van der Waals surface area contributed by atoms with Crippen LogP contribution in [0.25, 0.3) is 0 Å². The van der Waals surface area contributed by atoms with Crippen LogP contribution in [0, 0.1) is 6.92 Å². The number of nitrogen functional groups attached to an aromatic ring is 1. The third-order valence-electron chi connectivity index (χ3n) is 3.37. The topological polar surface area (TPSA) is 84.4 Å². The Kier molecular flexibility index (Phi) is 5.08. The van der Waals surface area contributed by atoms with Gasteiger partial charge in [0, 0.05) is 31.0 Å². The van der Waals surface area contributed by atoms with Crippen molar-refractivity contribution in [3.05, 3.63) is 53.2 Å². The lowest BCUT2D eigenvalue weighted by atomic mass is 10.2. The van der Waals surface area contributed by atoms with Gasteiger partial charge in [0.2, 0.25) is 0 Å². The zero-order chi connectivity index (χ0) is 15.2. The molecule has 112 valence electrons. The van der Waals surface area contributed by atoms with Crippen LogP contribution >= 0.6 is 0 Å². The molecule has 21 heavy (non-hydrogen) atoms. The van der Waals surface area contributed by atoms with E-state index in [4.69, 9.17) is 10.3 Å². The molecule has 6 heteroatoms. The zero-order valence-electron chi connectivity index (χ0n) is 12.3. The average molecular weight is 288 g/mol. The molecule has 0 saturated heterocycles. The summed E-state index contributed by atoms with van der Waals surface area (Å²) in [7, 11) is 0. The Labute approximate surface area is 123 Å². The molecular formula is C15H20N4O2. The van der Waals surface area contributed by atoms with E-state index in [0.29, 0.717) is 6.54 Å². The summed E-state index contributed by atoms with van der Waals surface area (Å²) in [5.41, 5.74) is 4.27. The van der Waals surface area contributed by atoms with Crippen LogP contribution in [0.2, 0.25) is 0 Å². The SMILES string of the molecule is CCN(Cc1ccncc1)Cc1cc(C(=O)NN)oc1C. The molecular weight excluding hydrogens is 268 g/mol. The van der Waals surface area contributed by atoms with E-state index >= 15 is 0 Å². The summed E-state index contributed by atoms with van der Waals surface area (Å²) in [6, 6.07) is 5.74. The highest BCUT2D eigenvalue weighted by Gasteiger charge is 2.15. The van der Waals surface area contributed by atoms with Crippen LogP contribution in [0.5, 0.6) is 0 Å². The van der Waals surface area contributed by atoms with Crippen molar-refractivity contribution in [2.45, 2.75) is 26.9 Å². The van der Waals surface area contributed by atoms with Crippen molar-refractivity contribution in [2.24, 2.45) is 5.84 Å². The molecule has 0 radical (unpaired) electrons. The van der Waals surface area contributed by atoms with Gasteiger partial charge < -0.3 is 4.42 Å². The first-order valence-electron chi connectivity index (χ1n) is 6.85. The highest BCUT2D eigenvalue weighted by Crippen LogP contribution is 2.17. The lowest BCUT2D eigenvalue weighted by molar-refractivity contribution is 0.0924. The summed E-state index contributed by atoms with van der Waals surface area (Å²) >= 11 is 0. The molecule has 0 atom stereocenters. The standard InChI is InChI=1S/C15H20N4O2/c1-3-19(9-12-4-6-17-7-5-12)10-13-8-14(15(20)18-16)21-11(13)2/h4-8H,3,9-10,16H2,1-2H3,(H,18,20). The first-order valence-corrected chi connectivity index (χ1v) is 6.85. The first-order chi connectivity index (χ1) is 10.1. The quantitative estimate of drug-likeness (QED) is 0.479. The second-order valence-electron chi connectivity index (χ2n) is 4.82. The van der Waals surface area contributed by atoms with Crippen LogP contribution < -0.4 is 11.3 Å². The summed E-state index contributed by atoms with van der Waals surface area (Å²) in [6.45, 7) is 6.38. The summed E-state index contributed by atoms with van der Waals surface area (Å²) < 4.78 is 5.43. The second kappa shape index (κ2) is 7.01. The Hall–Kier alpha value is -2.18. The number of hydrogen-bond donors (Lipinski definition) is 2. The van der Waals surface area contributed by atoms with Crippen molar-refractivity contribution in [3.63, 3.8) is 0 Å². The Bertz CT molecular complexity index is 595. The molecule has 0 aliphatic heterocycles. The van der Waals surface area contributed by atoms with Gasteiger partial charge in [-0.3, -0.25) is 20.1 Å².